The van der Waals surface area contributed by atoms with Gasteiger partial charge in [-0.15, -0.1) is 11.8 Å². The van der Waals surface area contributed by atoms with E-state index in [-0.39, 0.29) is 0 Å². The smallest absolute Gasteiger partial charge is 0.0992 e. The highest BCUT2D eigenvalue weighted by Gasteiger charge is 2.02. The molecule has 0 unspecified atom stereocenters. The van der Waals surface area contributed by atoms with Crippen molar-refractivity contribution in [2.24, 2.45) is 0 Å². The van der Waals surface area contributed by atoms with E-state index in [1.54, 1.807) is 0 Å². The molecule has 0 aromatic heterocycles. The van der Waals surface area contributed by atoms with Crippen LogP contribution in [0.2, 0.25) is 0 Å². The fraction of sp³-hybridized carbons (Fsp3) is 0.188. The summed E-state index contributed by atoms with van der Waals surface area (Å²) in [6.45, 7) is 0.953. The number of hydrogen-bond acceptors (Lipinski definition) is 3. The first-order chi connectivity index (χ1) is 9.29. The summed E-state index contributed by atoms with van der Waals surface area (Å²) in [4.78, 5) is 3.47. The Morgan fingerprint density at radius 3 is 2.63 bits per heavy atom. The zero-order valence-corrected chi connectivity index (χ0v) is 11.7. The van der Waals surface area contributed by atoms with Crippen LogP contribution < -0.4 is 4.90 Å². The van der Waals surface area contributed by atoms with Gasteiger partial charge in [0.05, 0.1) is 11.6 Å². The highest BCUT2D eigenvalue weighted by atomic mass is 32.2. The van der Waals surface area contributed by atoms with Crippen LogP contribution >= 0.6 is 11.8 Å². The molecule has 0 heterocycles. The normalized spacial score (nSPS) is 9.89. The molecular weight excluding hydrogens is 252 g/mol. The average Bonchev–Trinajstić information content (AvgIpc) is 2.48. The van der Waals surface area contributed by atoms with Crippen LogP contribution in [0.4, 0.5) is 5.69 Å². The Bertz CT molecular complexity index is 560. The third kappa shape index (κ3) is 4.04. The molecule has 0 fully saturated rings. The standard InChI is InChI=1S/C16H16N2S/c1-18(15-7-5-6-14(12-15)13-17)10-11-19-16-8-3-2-4-9-16/h2-9,12H,10-11H2,1H3. The maximum atomic E-state index is 8.90. The van der Waals surface area contributed by atoms with Crippen LogP contribution in [0.5, 0.6) is 0 Å². The molecule has 96 valence electrons. The number of nitrogens with zero attached hydrogens (tertiary/aromatic N) is 2. The van der Waals surface area contributed by atoms with Gasteiger partial charge in [-0.05, 0) is 30.3 Å². The molecule has 0 aliphatic heterocycles. The Labute approximate surface area is 118 Å². The average molecular weight is 268 g/mol. The lowest BCUT2D eigenvalue weighted by molar-refractivity contribution is 0.976. The number of hydrogen-bond donors (Lipinski definition) is 0. The zero-order valence-electron chi connectivity index (χ0n) is 10.9. The monoisotopic (exact) mass is 268 g/mol. The van der Waals surface area contributed by atoms with Crippen molar-refractivity contribution in [3.63, 3.8) is 0 Å². The van der Waals surface area contributed by atoms with Gasteiger partial charge in [0, 0.05) is 29.9 Å². The molecule has 0 amide bonds. The fourth-order valence-corrected chi connectivity index (χ4v) is 2.71. The molecule has 0 bridgehead atoms. The third-order valence-electron chi connectivity index (χ3n) is 2.85. The molecule has 2 rings (SSSR count). The van der Waals surface area contributed by atoms with Crippen molar-refractivity contribution in [2.45, 2.75) is 4.90 Å². The first-order valence-corrected chi connectivity index (χ1v) is 7.17. The van der Waals surface area contributed by atoms with Crippen LogP contribution in [0.15, 0.2) is 59.5 Å². The van der Waals surface area contributed by atoms with E-state index >= 15 is 0 Å². The van der Waals surface area contributed by atoms with Crippen LogP contribution in [0, 0.1) is 11.3 Å². The van der Waals surface area contributed by atoms with E-state index in [0.717, 1.165) is 18.0 Å². The summed E-state index contributed by atoms with van der Waals surface area (Å²) >= 11 is 1.85. The Hall–Kier alpha value is -1.92. The van der Waals surface area contributed by atoms with Crippen molar-refractivity contribution in [3.05, 3.63) is 60.2 Å². The molecule has 0 spiro atoms. The van der Waals surface area contributed by atoms with Gasteiger partial charge in [-0.25, -0.2) is 0 Å². The molecule has 2 aromatic carbocycles. The Kier molecular flexibility index (Phi) is 4.88. The number of nitriles is 1. The zero-order chi connectivity index (χ0) is 13.5. The summed E-state index contributed by atoms with van der Waals surface area (Å²) in [6.07, 6.45) is 0. The second-order valence-corrected chi connectivity index (χ2v) is 5.41. The number of rotatable bonds is 5. The summed E-state index contributed by atoms with van der Waals surface area (Å²) in [5.74, 6) is 1.03. The Morgan fingerprint density at radius 1 is 1.11 bits per heavy atom. The van der Waals surface area contributed by atoms with Crippen LogP contribution in [-0.2, 0) is 0 Å². The summed E-state index contributed by atoms with van der Waals surface area (Å²) in [5, 5.41) is 8.90. The van der Waals surface area contributed by atoms with E-state index in [2.05, 4.69) is 42.3 Å². The van der Waals surface area contributed by atoms with Crippen molar-refractivity contribution in [1.82, 2.24) is 0 Å². The van der Waals surface area contributed by atoms with E-state index < -0.39 is 0 Å². The SMILES string of the molecule is CN(CCSc1ccccc1)c1cccc(C#N)c1. The molecule has 0 saturated heterocycles. The van der Waals surface area contributed by atoms with Gasteiger partial charge in [-0.3, -0.25) is 0 Å². The van der Waals surface area contributed by atoms with Crippen LogP contribution in [0.25, 0.3) is 0 Å². The predicted octanol–water partition coefficient (Wildman–Crippen LogP) is 3.79. The second kappa shape index (κ2) is 6.86. The maximum absolute atomic E-state index is 8.90. The number of benzene rings is 2. The molecule has 2 nitrogen and oxygen atoms in total. The highest BCUT2D eigenvalue weighted by Crippen LogP contribution is 2.19. The van der Waals surface area contributed by atoms with Gasteiger partial charge < -0.3 is 4.90 Å². The molecular formula is C16H16N2S. The molecule has 0 N–H and O–H groups in total. The van der Waals surface area contributed by atoms with E-state index in [9.17, 15) is 0 Å². The van der Waals surface area contributed by atoms with Gasteiger partial charge in [0.2, 0.25) is 0 Å². The van der Waals surface area contributed by atoms with E-state index in [1.807, 2.05) is 42.1 Å². The van der Waals surface area contributed by atoms with E-state index in [4.69, 9.17) is 5.26 Å². The lowest BCUT2D eigenvalue weighted by atomic mass is 10.2. The fourth-order valence-electron chi connectivity index (χ4n) is 1.76. The molecule has 0 atom stereocenters. The van der Waals surface area contributed by atoms with Crippen LogP contribution in [-0.4, -0.2) is 19.3 Å². The number of anilines is 1. The van der Waals surface area contributed by atoms with Gasteiger partial charge in [-0.2, -0.15) is 5.26 Å². The first kappa shape index (κ1) is 13.5. The van der Waals surface area contributed by atoms with Crippen LogP contribution in [0.3, 0.4) is 0 Å². The quantitative estimate of drug-likeness (QED) is 0.772. The first-order valence-electron chi connectivity index (χ1n) is 6.19. The van der Waals surface area contributed by atoms with Gasteiger partial charge >= 0.3 is 0 Å². The van der Waals surface area contributed by atoms with E-state index in [0.29, 0.717) is 5.56 Å². The largest absolute Gasteiger partial charge is 0.374 e. The molecule has 19 heavy (non-hydrogen) atoms. The Morgan fingerprint density at radius 2 is 1.89 bits per heavy atom. The predicted molar refractivity (Wildman–Crippen MR) is 81.6 cm³/mol. The van der Waals surface area contributed by atoms with Gasteiger partial charge in [0.15, 0.2) is 0 Å². The van der Waals surface area contributed by atoms with Crippen molar-refractivity contribution in [3.8, 4) is 6.07 Å². The van der Waals surface area contributed by atoms with Gasteiger partial charge in [-0.1, -0.05) is 24.3 Å². The maximum Gasteiger partial charge on any atom is 0.0992 e. The summed E-state index contributed by atoms with van der Waals surface area (Å²) in [5.41, 5.74) is 1.80. The Balaban J connectivity index is 1.87. The van der Waals surface area contributed by atoms with Crippen molar-refractivity contribution < 1.29 is 0 Å². The topological polar surface area (TPSA) is 27.0 Å². The summed E-state index contributed by atoms with van der Waals surface area (Å²) in [6, 6.07) is 20.3. The molecule has 0 radical (unpaired) electrons. The molecule has 0 aliphatic carbocycles. The summed E-state index contributed by atoms with van der Waals surface area (Å²) < 4.78 is 0. The van der Waals surface area contributed by atoms with Crippen LogP contribution in [0.1, 0.15) is 5.56 Å². The van der Waals surface area contributed by atoms with Crippen molar-refractivity contribution >= 4 is 17.4 Å². The lowest BCUT2D eigenvalue weighted by Gasteiger charge is -2.19. The number of thioether (sulfide) groups is 1. The highest BCUT2D eigenvalue weighted by molar-refractivity contribution is 7.99. The third-order valence-corrected chi connectivity index (χ3v) is 3.85. The molecule has 0 aliphatic rings. The minimum atomic E-state index is 0.708. The van der Waals surface area contributed by atoms with Crippen molar-refractivity contribution in [1.29, 1.82) is 5.26 Å². The summed E-state index contributed by atoms with van der Waals surface area (Å²) in [7, 11) is 2.06. The molecule has 3 heteroatoms. The molecule has 0 saturated carbocycles. The van der Waals surface area contributed by atoms with E-state index in [1.165, 1.54) is 4.90 Å². The lowest BCUT2D eigenvalue weighted by Crippen LogP contribution is -2.20. The van der Waals surface area contributed by atoms with Gasteiger partial charge in [0.25, 0.3) is 0 Å². The van der Waals surface area contributed by atoms with Crippen molar-refractivity contribution in [2.75, 3.05) is 24.2 Å². The minimum Gasteiger partial charge on any atom is -0.374 e. The second-order valence-electron chi connectivity index (χ2n) is 4.25. The molecule has 2 aromatic rings. The minimum absolute atomic E-state index is 0.708. The van der Waals surface area contributed by atoms with Gasteiger partial charge in [0.1, 0.15) is 0 Å².